The lowest BCUT2D eigenvalue weighted by Crippen LogP contribution is -2.49. The van der Waals surface area contributed by atoms with E-state index in [1.165, 1.54) is 12.8 Å². The molecule has 0 saturated carbocycles. The Morgan fingerprint density at radius 2 is 1.38 bits per heavy atom. The van der Waals surface area contributed by atoms with E-state index in [0.29, 0.717) is 5.75 Å². The molecule has 5 heteroatoms. The van der Waals surface area contributed by atoms with Gasteiger partial charge in [-0.1, -0.05) is 13.8 Å². The van der Waals surface area contributed by atoms with E-state index in [1.54, 1.807) is 21.3 Å². The van der Waals surface area contributed by atoms with Crippen LogP contribution in [0.5, 0.6) is 17.2 Å². The number of hydrogen-bond acceptors (Lipinski definition) is 5. The van der Waals surface area contributed by atoms with E-state index in [2.05, 4.69) is 23.6 Å². The second-order valence-electron chi connectivity index (χ2n) is 6.30. The first-order valence-electron chi connectivity index (χ1n) is 8.92. The fourth-order valence-corrected chi connectivity index (χ4v) is 3.55. The van der Waals surface area contributed by atoms with Crippen LogP contribution in [0.25, 0.3) is 0 Å². The first-order valence-corrected chi connectivity index (χ1v) is 8.92. The summed E-state index contributed by atoms with van der Waals surface area (Å²) in [6, 6.07) is 4.67. The minimum absolute atomic E-state index is 0.705. The van der Waals surface area contributed by atoms with Gasteiger partial charge in [0.05, 0.1) is 21.3 Å². The molecule has 1 aliphatic heterocycles. The average Bonchev–Trinajstić information content (AvgIpc) is 2.63. The van der Waals surface area contributed by atoms with Crippen molar-refractivity contribution in [1.82, 2.24) is 9.80 Å². The van der Waals surface area contributed by atoms with Gasteiger partial charge in [-0.15, -0.1) is 0 Å². The lowest BCUT2D eigenvalue weighted by Gasteiger charge is -2.39. The molecule has 1 aliphatic rings. The van der Waals surface area contributed by atoms with Crippen LogP contribution in [-0.4, -0.2) is 63.4 Å². The SMILES string of the molecule is CCC(CC)N1CCN(Cc2cc(OC)c(OC)cc2OC)CC1. The van der Waals surface area contributed by atoms with E-state index in [1.807, 2.05) is 12.1 Å². The molecule has 1 fully saturated rings. The molecule has 0 radical (unpaired) electrons. The zero-order valence-corrected chi connectivity index (χ0v) is 15.8. The first kappa shape index (κ1) is 18.9. The normalized spacial score (nSPS) is 16.4. The van der Waals surface area contributed by atoms with Gasteiger partial charge < -0.3 is 14.2 Å². The zero-order valence-electron chi connectivity index (χ0n) is 15.8. The van der Waals surface area contributed by atoms with Crippen molar-refractivity contribution >= 4 is 0 Å². The third kappa shape index (κ3) is 4.33. The first-order chi connectivity index (χ1) is 11.7. The largest absolute Gasteiger partial charge is 0.496 e. The molecule has 5 nitrogen and oxygen atoms in total. The van der Waals surface area contributed by atoms with Crippen molar-refractivity contribution in [3.05, 3.63) is 17.7 Å². The third-order valence-electron chi connectivity index (χ3n) is 5.05. The van der Waals surface area contributed by atoms with Crippen LogP contribution in [0.1, 0.15) is 32.3 Å². The van der Waals surface area contributed by atoms with Crippen LogP contribution in [0.3, 0.4) is 0 Å². The topological polar surface area (TPSA) is 34.2 Å². The Hall–Kier alpha value is -1.46. The van der Waals surface area contributed by atoms with Crippen molar-refractivity contribution in [1.29, 1.82) is 0 Å². The number of ether oxygens (including phenoxy) is 3. The third-order valence-corrected chi connectivity index (χ3v) is 5.05. The van der Waals surface area contributed by atoms with Crippen LogP contribution >= 0.6 is 0 Å². The van der Waals surface area contributed by atoms with Crippen LogP contribution in [0.15, 0.2) is 12.1 Å². The molecule has 2 rings (SSSR count). The fourth-order valence-electron chi connectivity index (χ4n) is 3.55. The summed E-state index contributed by atoms with van der Waals surface area (Å²) >= 11 is 0. The second-order valence-corrected chi connectivity index (χ2v) is 6.30. The highest BCUT2D eigenvalue weighted by Crippen LogP contribution is 2.35. The summed E-state index contributed by atoms with van der Waals surface area (Å²) in [6.45, 7) is 9.91. The highest BCUT2D eigenvalue weighted by atomic mass is 16.5. The Kier molecular flexibility index (Phi) is 7.18. The minimum atomic E-state index is 0.705. The van der Waals surface area contributed by atoms with Gasteiger partial charge in [-0.3, -0.25) is 9.80 Å². The molecule has 24 heavy (non-hydrogen) atoms. The standard InChI is InChI=1S/C19H32N2O3/c1-6-16(7-2)21-10-8-20(9-11-21)14-15-12-18(23-4)19(24-5)13-17(15)22-3/h12-13,16H,6-11,14H2,1-5H3. The summed E-state index contributed by atoms with van der Waals surface area (Å²) in [5.74, 6) is 2.32. The molecule has 1 saturated heterocycles. The van der Waals surface area contributed by atoms with Crippen LogP contribution in [0.4, 0.5) is 0 Å². The van der Waals surface area contributed by atoms with Gasteiger partial charge in [-0.05, 0) is 18.9 Å². The number of methoxy groups -OCH3 is 3. The molecular formula is C19H32N2O3. The minimum Gasteiger partial charge on any atom is -0.496 e. The molecule has 0 atom stereocenters. The van der Waals surface area contributed by atoms with Crippen molar-refractivity contribution in [2.75, 3.05) is 47.5 Å². The van der Waals surface area contributed by atoms with Crippen LogP contribution in [0.2, 0.25) is 0 Å². The lowest BCUT2D eigenvalue weighted by molar-refractivity contribution is 0.0876. The summed E-state index contributed by atoms with van der Waals surface area (Å²) in [5, 5.41) is 0. The van der Waals surface area contributed by atoms with E-state index in [-0.39, 0.29) is 0 Å². The molecular weight excluding hydrogens is 304 g/mol. The Morgan fingerprint density at radius 3 is 1.88 bits per heavy atom. The summed E-state index contributed by atoms with van der Waals surface area (Å²) in [7, 11) is 5.02. The lowest BCUT2D eigenvalue weighted by atomic mass is 10.1. The van der Waals surface area contributed by atoms with E-state index in [4.69, 9.17) is 14.2 Å². The maximum atomic E-state index is 5.55. The van der Waals surface area contributed by atoms with E-state index in [9.17, 15) is 0 Å². The number of benzene rings is 1. The second kappa shape index (κ2) is 9.14. The van der Waals surface area contributed by atoms with Crippen molar-refractivity contribution in [2.24, 2.45) is 0 Å². The number of nitrogens with zero attached hydrogens (tertiary/aromatic N) is 2. The molecule has 1 aromatic rings. The van der Waals surface area contributed by atoms with E-state index in [0.717, 1.165) is 55.8 Å². The average molecular weight is 336 g/mol. The highest BCUT2D eigenvalue weighted by molar-refractivity contribution is 5.50. The number of rotatable bonds is 8. The molecule has 0 amide bonds. The number of hydrogen-bond donors (Lipinski definition) is 0. The van der Waals surface area contributed by atoms with Gasteiger partial charge in [0.25, 0.3) is 0 Å². The van der Waals surface area contributed by atoms with Crippen LogP contribution in [0, 0.1) is 0 Å². The molecule has 0 spiro atoms. The van der Waals surface area contributed by atoms with Gasteiger partial charge in [-0.25, -0.2) is 0 Å². The molecule has 0 bridgehead atoms. The zero-order chi connectivity index (χ0) is 17.5. The molecule has 0 aliphatic carbocycles. The summed E-state index contributed by atoms with van der Waals surface area (Å²) in [5.41, 5.74) is 1.14. The van der Waals surface area contributed by atoms with Crippen molar-refractivity contribution < 1.29 is 14.2 Å². The van der Waals surface area contributed by atoms with Gasteiger partial charge in [-0.2, -0.15) is 0 Å². The van der Waals surface area contributed by atoms with Crippen molar-refractivity contribution in [3.8, 4) is 17.2 Å². The predicted molar refractivity (Wildman–Crippen MR) is 97.3 cm³/mol. The van der Waals surface area contributed by atoms with Crippen LogP contribution < -0.4 is 14.2 Å². The van der Waals surface area contributed by atoms with Crippen LogP contribution in [-0.2, 0) is 6.54 Å². The Balaban J connectivity index is 2.04. The highest BCUT2D eigenvalue weighted by Gasteiger charge is 2.23. The van der Waals surface area contributed by atoms with E-state index < -0.39 is 0 Å². The van der Waals surface area contributed by atoms with Gasteiger partial charge in [0.1, 0.15) is 5.75 Å². The maximum absolute atomic E-state index is 5.55. The molecule has 1 aromatic carbocycles. The maximum Gasteiger partial charge on any atom is 0.164 e. The van der Waals surface area contributed by atoms with Crippen molar-refractivity contribution in [3.63, 3.8) is 0 Å². The number of piperazine rings is 1. The molecule has 136 valence electrons. The smallest absolute Gasteiger partial charge is 0.164 e. The van der Waals surface area contributed by atoms with Gasteiger partial charge >= 0.3 is 0 Å². The predicted octanol–water partition coefficient (Wildman–Crippen LogP) is 3.02. The monoisotopic (exact) mass is 336 g/mol. The molecule has 0 aromatic heterocycles. The molecule has 1 heterocycles. The molecule has 0 N–H and O–H groups in total. The van der Waals surface area contributed by atoms with E-state index >= 15 is 0 Å². The fraction of sp³-hybridized carbons (Fsp3) is 0.684. The Labute approximate surface area is 146 Å². The van der Waals surface area contributed by atoms with Gasteiger partial charge in [0, 0.05) is 50.4 Å². The molecule has 0 unspecified atom stereocenters. The van der Waals surface area contributed by atoms with Crippen molar-refractivity contribution in [2.45, 2.75) is 39.3 Å². The summed E-state index contributed by atoms with van der Waals surface area (Å²) in [4.78, 5) is 5.12. The summed E-state index contributed by atoms with van der Waals surface area (Å²) < 4.78 is 16.3. The summed E-state index contributed by atoms with van der Waals surface area (Å²) in [6.07, 6.45) is 2.47. The van der Waals surface area contributed by atoms with Gasteiger partial charge in [0.2, 0.25) is 0 Å². The quantitative estimate of drug-likeness (QED) is 0.729. The Morgan fingerprint density at radius 1 is 0.833 bits per heavy atom. The van der Waals surface area contributed by atoms with Gasteiger partial charge in [0.15, 0.2) is 11.5 Å². The Bertz CT molecular complexity index is 510.